The standard InChI is InChI=1S/C9H22NSi/c1-10(2)8-6-7-9-11(3,4)5/h1,6-9H2,2-5H3/q+1. The summed E-state index contributed by atoms with van der Waals surface area (Å²) in [5, 5.41) is 0. The SMILES string of the molecule is C=[N+](C)CCCC[Si](C)(C)C. The van der Waals surface area contributed by atoms with E-state index in [-0.39, 0.29) is 0 Å². The van der Waals surface area contributed by atoms with Crippen LogP contribution in [0.5, 0.6) is 0 Å². The second kappa shape index (κ2) is 4.70. The second-order valence-corrected chi connectivity index (χ2v) is 10.2. The third-order valence-corrected chi connectivity index (χ3v) is 3.57. The van der Waals surface area contributed by atoms with Crippen molar-refractivity contribution in [2.24, 2.45) is 0 Å². The molecule has 11 heavy (non-hydrogen) atoms. The Morgan fingerprint density at radius 1 is 1.18 bits per heavy atom. The Labute approximate surface area is 72.1 Å². The molecule has 0 N–H and O–H groups in total. The van der Waals surface area contributed by atoms with Crippen molar-refractivity contribution in [2.75, 3.05) is 13.6 Å². The lowest BCUT2D eigenvalue weighted by Crippen LogP contribution is -2.19. The molecule has 0 fully saturated rings. The Balaban J connectivity index is 3.22. The van der Waals surface area contributed by atoms with Crippen LogP contribution in [-0.2, 0) is 0 Å². The molecule has 0 unspecified atom stereocenters. The molecule has 0 rings (SSSR count). The minimum atomic E-state index is -0.768. The first kappa shape index (κ1) is 10.9. The van der Waals surface area contributed by atoms with Gasteiger partial charge in [0.2, 0.25) is 0 Å². The molecule has 2 heteroatoms. The molecule has 0 aromatic carbocycles. The van der Waals surface area contributed by atoms with E-state index in [2.05, 4.69) is 26.4 Å². The molecule has 0 radical (unpaired) electrons. The predicted octanol–water partition coefficient (Wildman–Crippen LogP) is 2.45. The largest absolute Gasteiger partial charge is 0.245 e. The molecule has 0 amide bonds. The summed E-state index contributed by atoms with van der Waals surface area (Å²) in [6, 6.07) is 1.46. The molecule has 0 spiro atoms. The fourth-order valence-corrected chi connectivity index (χ4v) is 2.35. The molecule has 0 aromatic rings. The first-order valence-electron chi connectivity index (χ1n) is 4.43. The first-order valence-corrected chi connectivity index (χ1v) is 8.14. The van der Waals surface area contributed by atoms with Crippen LogP contribution in [0.3, 0.4) is 0 Å². The van der Waals surface area contributed by atoms with E-state index in [1.54, 1.807) is 0 Å². The van der Waals surface area contributed by atoms with Gasteiger partial charge in [0.25, 0.3) is 0 Å². The Morgan fingerprint density at radius 2 is 1.73 bits per heavy atom. The van der Waals surface area contributed by atoms with E-state index in [9.17, 15) is 0 Å². The first-order chi connectivity index (χ1) is 4.92. The third kappa shape index (κ3) is 9.89. The van der Waals surface area contributed by atoms with Crippen molar-refractivity contribution < 1.29 is 4.58 Å². The van der Waals surface area contributed by atoms with Gasteiger partial charge in [-0.05, 0) is 6.42 Å². The molecule has 0 bridgehead atoms. The van der Waals surface area contributed by atoms with E-state index >= 15 is 0 Å². The van der Waals surface area contributed by atoms with Gasteiger partial charge in [-0.1, -0.05) is 25.7 Å². The minimum absolute atomic E-state index is 0.768. The average molecular weight is 172 g/mol. The quantitative estimate of drug-likeness (QED) is 0.259. The van der Waals surface area contributed by atoms with Crippen LogP contribution in [-0.4, -0.2) is 33.0 Å². The molecular formula is C9H22NSi+. The van der Waals surface area contributed by atoms with E-state index in [1.807, 2.05) is 11.6 Å². The third-order valence-electron chi connectivity index (χ3n) is 1.72. The highest BCUT2D eigenvalue weighted by Crippen LogP contribution is 2.12. The Morgan fingerprint density at radius 3 is 2.09 bits per heavy atom. The Bertz CT molecular complexity index is 124. The number of nitrogens with zero attached hydrogens (tertiary/aromatic N) is 1. The molecule has 0 heterocycles. The van der Waals surface area contributed by atoms with Gasteiger partial charge in [-0.25, -0.2) is 4.58 Å². The number of rotatable bonds is 5. The molecule has 0 aromatic heterocycles. The van der Waals surface area contributed by atoms with Gasteiger partial charge in [0.05, 0.1) is 0 Å². The zero-order valence-electron chi connectivity index (χ0n) is 8.48. The summed E-state index contributed by atoms with van der Waals surface area (Å²) in [5.74, 6) is 0. The average Bonchev–Trinajstić information content (AvgIpc) is 1.78. The lowest BCUT2D eigenvalue weighted by atomic mass is 10.3. The number of hydrogen-bond acceptors (Lipinski definition) is 0. The highest BCUT2D eigenvalue weighted by Gasteiger charge is 2.11. The van der Waals surface area contributed by atoms with Crippen LogP contribution in [0.25, 0.3) is 0 Å². The van der Waals surface area contributed by atoms with E-state index in [0.717, 1.165) is 6.54 Å². The highest BCUT2D eigenvalue weighted by molar-refractivity contribution is 6.76. The maximum absolute atomic E-state index is 3.82. The molecule has 0 saturated carbocycles. The van der Waals surface area contributed by atoms with Crippen molar-refractivity contribution in [3.63, 3.8) is 0 Å². The smallest absolute Gasteiger partial charge is 0.142 e. The van der Waals surface area contributed by atoms with Crippen molar-refractivity contribution in [1.82, 2.24) is 0 Å². The van der Waals surface area contributed by atoms with Gasteiger partial charge >= 0.3 is 0 Å². The van der Waals surface area contributed by atoms with E-state index in [0.29, 0.717) is 0 Å². The van der Waals surface area contributed by atoms with E-state index < -0.39 is 8.07 Å². The number of hydrogen-bond donors (Lipinski definition) is 0. The van der Waals surface area contributed by atoms with Crippen molar-refractivity contribution in [3.05, 3.63) is 0 Å². The zero-order valence-corrected chi connectivity index (χ0v) is 9.48. The lowest BCUT2D eigenvalue weighted by molar-refractivity contribution is -0.488. The van der Waals surface area contributed by atoms with Gasteiger partial charge in [-0.2, -0.15) is 0 Å². The summed E-state index contributed by atoms with van der Waals surface area (Å²) in [5.41, 5.74) is 0. The van der Waals surface area contributed by atoms with Gasteiger partial charge < -0.3 is 0 Å². The van der Waals surface area contributed by atoms with Crippen molar-refractivity contribution in [3.8, 4) is 0 Å². The van der Waals surface area contributed by atoms with E-state index in [1.165, 1.54) is 18.9 Å². The van der Waals surface area contributed by atoms with Crippen molar-refractivity contribution in [2.45, 2.75) is 38.5 Å². The van der Waals surface area contributed by atoms with Gasteiger partial charge in [-0.15, -0.1) is 0 Å². The second-order valence-electron chi connectivity index (χ2n) is 4.60. The molecular weight excluding hydrogens is 150 g/mol. The van der Waals surface area contributed by atoms with Crippen LogP contribution in [0.15, 0.2) is 0 Å². The molecule has 0 saturated heterocycles. The maximum atomic E-state index is 3.82. The highest BCUT2D eigenvalue weighted by atomic mass is 28.3. The summed E-state index contributed by atoms with van der Waals surface area (Å²) >= 11 is 0. The van der Waals surface area contributed by atoms with Crippen LogP contribution in [0.4, 0.5) is 0 Å². The summed E-state index contributed by atoms with van der Waals surface area (Å²) in [4.78, 5) is 0. The lowest BCUT2D eigenvalue weighted by Gasteiger charge is -2.14. The molecule has 0 aliphatic heterocycles. The fraction of sp³-hybridized carbons (Fsp3) is 0.889. The van der Waals surface area contributed by atoms with Crippen LogP contribution < -0.4 is 0 Å². The molecule has 0 atom stereocenters. The fourth-order valence-electron chi connectivity index (χ4n) is 1.04. The van der Waals surface area contributed by atoms with Gasteiger partial charge in [0.15, 0.2) is 0 Å². The summed E-state index contributed by atoms with van der Waals surface area (Å²) in [6.07, 6.45) is 2.69. The van der Waals surface area contributed by atoms with Crippen LogP contribution in [0.1, 0.15) is 12.8 Å². The molecule has 0 aliphatic rings. The molecule has 1 nitrogen and oxygen atoms in total. The number of unbranched alkanes of at least 4 members (excludes halogenated alkanes) is 1. The van der Waals surface area contributed by atoms with Crippen molar-refractivity contribution in [1.29, 1.82) is 0 Å². The van der Waals surface area contributed by atoms with E-state index in [4.69, 9.17) is 0 Å². The Hall–Kier alpha value is -0.113. The predicted molar refractivity (Wildman–Crippen MR) is 55.6 cm³/mol. The minimum Gasteiger partial charge on any atom is -0.245 e. The summed E-state index contributed by atoms with van der Waals surface area (Å²) < 4.78 is 2.02. The van der Waals surface area contributed by atoms with Crippen molar-refractivity contribution >= 4 is 14.8 Å². The van der Waals surface area contributed by atoms with Gasteiger partial charge in [0, 0.05) is 14.5 Å². The van der Waals surface area contributed by atoms with Gasteiger partial charge in [0.1, 0.15) is 20.3 Å². The van der Waals surface area contributed by atoms with Crippen LogP contribution in [0.2, 0.25) is 25.7 Å². The summed E-state index contributed by atoms with van der Waals surface area (Å²) in [6.45, 7) is 12.3. The van der Waals surface area contributed by atoms with Crippen LogP contribution >= 0.6 is 0 Å². The molecule has 0 aliphatic carbocycles. The summed E-state index contributed by atoms with van der Waals surface area (Å²) in [7, 11) is 1.27. The van der Waals surface area contributed by atoms with Crippen LogP contribution in [0, 0.1) is 0 Å². The monoisotopic (exact) mass is 172 g/mol. The van der Waals surface area contributed by atoms with Gasteiger partial charge in [-0.3, -0.25) is 0 Å². The molecule has 66 valence electrons. The zero-order chi connectivity index (χ0) is 8.91. The Kier molecular flexibility index (Phi) is 4.65. The maximum Gasteiger partial charge on any atom is 0.142 e. The normalized spacial score (nSPS) is 11.6. The topological polar surface area (TPSA) is 3.01 Å².